The van der Waals surface area contributed by atoms with Gasteiger partial charge >= 0.3 is 24.3 Å². The zero-order chi connectivity index (χ0) is 28.6. The predicted molar refractivity (Wildman–Crippen MR) is 118 cm³/mol. The third-order valence-corrected chi connectivity index (χ3v) is 5.28. The van der Waals surface area contributed by atoms with E-state index in [1.807, 2.05) is 29.3 Å². The van der Waals surface area contributed by atoms with Crippen LogP contribution < -0.4 is 9.80 Å². The van der Waals surface area contributed by atoms with Crippen LogP contribution in [0.5, 0.6) is 0 Å². The molecule has 0 amide bonds. The highest BCUT2D eigenvalue weighted by Gasteiger charge is 2.42. The van der Waals surface area contributed by atoms with E-state index >= 15 is 0 Å². The summed E-state index contributed by atoms with van der Waals surface area (Å²) in [4.78, 5) is 30.8. The molecule has 1 unspecified atom stereocenters. The fraction of sp³-hybridized carbons (Fsp3) is 0.455. The van der Waals surface area contributed by atoms with Crippen LogP contribution in [0.4, 0.5) is 42.4 Å². The summed E-state index contributed by atoms with van der Waals surface area (Å²) in [5.41, 5.74) is -0.294. The number of piperidine rings is 1. The highest BCUT2D eigenvalue weighted by Crippen LogP contribution is 2.33. The lowest BCUT2D eigenvalue weighted by atomic mass is 9.90. The number of anilines is 2. The van der Waals surface area contributed by atoms with Gasteiger partial charge in [0.2, 0.25) is 0 Å². The van der Waals surface area contributed by atoms with Crippen molar-refractivity contribution in [1.29, 1.82) is 0 Å². The van der Waals surface area contributed by atoms with Crippen molar-refractivity contribution in [2.24, 2.45) is 0 Å². The van der Waals surface area contributed by atoms with Crippen molar-refractivity contribution < 1.29 is 55.3 Å². The molecule has 16 heteroatoms. The molecule has 2 N–H and O–H groups in total. The average molecular weight is 556 g/mol. The van der Waals surface area contributed by atoms with Crippen molar-refractivity contribution in [3.63, 3.8) is 0 Å². The van der Waals surface area contributed by atoms with Gasteiger partial charge < -0.3 is 24.7 Å². The zero-order valence-electron chi connectivity index (χ0n) is 19.5. The Hall–Kier alpha value is -3.69. The SMILES string of the molecule is Fc1cccnc1N1CCCC2(CN(c3ccccn3)CCO2)C1.O=C(O)C(F)(F)F.O=C(O)C(F)(F)F. The first kappa shape index (κ1) is 30.5. The molecular formula is C22H23F7N4O5. The molecule has 1 atom stereocenters. The lowest BCUT2D eigenvalue weighted by Crippen LogP contribution is -2.60. The van der Waals surface area contributed by atoms with Gasteiger partial charge in [0.05, 0.1) is 19.7 Å². The van der Waals surface area contributed by atoms with Crippen LogP contribution in [0.25, 0.3) is 0 Å². The van der Waals surface area contributed by atoms with E-state index in [1.54, 1.807) is 12.3 Å². The summed E-state index contributed by atoms with van der Waals surface area (Å²) in [5, 5.41) is 14.2. The number of carboxylic acids is 2. The molecule has 2 aliphatic heterocycles. The minimum atomic E-state index is -5.08. The minimum Gasteiger partial charge on any atom is -0.475 e. The number of morpholine rings is 1. The number of alkyl halides is 6. The molecule has 9 nitrogen and oxygen atoms in total. The Labute approximate surface area is 211 Å². The molecule has 1 spiro atoms. The van der Waals surface area contributed by atoms with Crippen LogP contribution in [-0.4, -0.2) is 82.9 Å². The number of ether oxygens (including phenoxy) is 1. The molecule has 0 bridgehead atoms. The van der Waals surface area contributed by atoms with Gasteiger partial charge in [-0.25, -0.2) is 23.9 Å². The van der Waals surface area contributed by atoms with E-state index in [9.17, 15) is 30.7 Å². The van der Waals surface area contributed by atoms with Crippen LogP contribution in [-0.2, 0) is 14.3 Å². The summed E-state index contributed by atoms with van der Waals surface area (Å²) >= 11 is 0. The van der Waals surface area contributed by atoms with E-state index in [2.05, 4.69) is 14.9 Å². The molecule has 210 valence electrons. The van der Waals surface area contributed by atoms with Gasteiger partial charge in [0, 0.05) is 25.5 Å². The van der Waals surface area contributed by atoms with Crippen LogP contribution in [0.1, 0.15) is 12.8 Å². The highest BCUT2D eigenvalue weighted by molar-refractivity contribution is 5.73. The molecule has 0 aliphatic carbocycles. The van der Waals surface area contributed by atoms with Crippen molar-refractivity contribution in [3.05, 3.63) is 48.5 Å². The van der Waals surface area contributed by atoms with Gasteiger partial charge in [0.15, 0.2) is 11.6 Å². The Kier molecular flexibility index (Phi) is 10.2. The second kappa shape index (κ2) is 12.7. The second-order valence-corrected chi connectivity index (χ2v) is 8.08. The van der Waals surface area contributed by atoms with Crippen LogP contribution >= 0.6 is 0 Å². The lowest BCUT2D eigenvalue weighted by Gasteiger charge is -2.48. The van der Waals surface area contributed by atoms with Crippen LogP contribution in [0.15, 0.2) is 42.7 Å². The summed E-state index contributed by atoms with van der Waals surface area (Å²) < 4.78 is 83.8. The Bertz CT molecular complexity index is 1040. The van der Waals surface area contributed by atoms with Crippen LogP contribution in [0, 0.1) is 5.82 Å². The van der Waals surface area contributed by atoms with E-state index in [4.69, 9.17) is 24.5 Å². The predicted octanol–water partition coefficient (Wildman–Crippen LogP) is 3.76. The fourth-order valence-corrected chi connectivity index (χ4v) is 3.72. The number of carboxylic acid groups (broad SMARTS) is 2. The molecule has 4 rings (SSSR count). The number of nitrogens with zero attached hydrogens (tertiary/aromatic N) is 4. The Morgan fingerprint density at radius 3 is 1.97 bits per heavy atom. The summed E-state index contributed by atoms with van der Waals surface area (Å²) in [6, 6.07) is 9.04. The zero-order valence-corrected chi connectivity index (χ0v) is 19.5. The molecule has 2 aromatic rings. The maximum atomic E-state index is 14.1. The topological polar surface area (TPSA) is 116 Å². The molecule has 2 aromatic heterocycles. The van der Waals surface area contributed by atoms with Gasteiger partial charge in [-0.05, 0) is 37.1 Å². The number of aliphatic carboxylic acids is 2. The first-order valence-electron chi connectivity index (χ1n) is 10.9. The van der Waals surface area contributed by atoms with E-state index in [0.717, 1.165) is 38.3 Å². The number of rotatable bonds is 2. The van der Waals surface area contributed by atoms with Crippen LogP contribution in [0.3, 0.4) is 0 Å². The largest absolute Gasteiger partial charge is 0.490 e. The van der Waals surface area contributed by atoms with Gasteiger partial charge in [-0.1, -0.05) is 6.07 Å². The van der Waals surface area contributed by atoms with Gasteiger partial charge in [0.25, 0.3) is 0 Å². The Morgan fingerprint density at radius 2 is 1.45 bits per heavy atom. The molecule has 2 fully saturated rings. The Morgan fingerprint density at radius 1 is 0.868 bits per heavy atom. The van der Waals surface area contributed by atoms with Crippen molar-refractivity contribution >= 4 is 23.6 Å². The first-order chi connectivity index (χ1) is 17.6. The molecule has 0 aromatic carbocycles. The minimum absolute atomic E-state index is 0.271. The van der Waals surface area contributed by atoms with Crippen molar-refractivity contribution in [1.82, 2.24) is 9.97 Å². The van der Waals surface area contributed by atoms with Gasteiger partial charge in [-0.15, -0.1) is 0 Å². The average Bonchev–Trinajstić information content (AvgIpc) is 2.84. The van der Waals surface area contributed by atoms with Crippen molar-refractivity contribution in [2.75, 3.05) is 42.6 Å². The molecular weight excluding hydrogens is 533 g/mol. The second-order valence-electron chi connectivity index (χ2n) is 8.08. The number of halogens is 7. The summed E-state index contributed by atoms with van der Waals surface area (Å²) in [7, 11) is 0. The monoisotopic (exact) mass is 556 g/mol. The van der Waals surface area contributed by atoms with E-state index in [0.29, 0.717) is 19.0 Å². The molecule has 4 heterocycles. The van der Waals surface area contributed by atoms with Crippen molar-refractivity contribution in [2.45, 2.75) is 30.8 Å². The third kappa shape index (κ3) is 9.00. The van der Waals surface area contributed by atoms with Gasteiger partial charge in [-0.2, -0.15) is 26.3 Å². The summed E-state index contributed by atoms with van der Waals surface area (Å²) in [5.74, 6) is -4.39. The normalized spacial score (nSPS) is 19.6. The first-order valence-corrected chi connectivity index (χ1v) is 10.9. The smallest absolute Gasteiger partial charge is 0.475 e. The fourth-order valence-electron chi connectivity index (χ4n) is 3.72. The standard InChI is InChI=1S/C18H21FN4O.2C2HF3O2/c19-15-5-3-9-21-17(15)23-10-4-7-18(14-23)13-22(11-12-24-18)16-6-1-2-8-20-16;2*3-2(4,5)1(6)7/h1-3,5-6,8-9H,4,7,10-14H2;2*(H,6,7). The number of hydrogen-bond donors (Lipinski definition) is 2. The van der Waals surface area contributed by atoms with E-state index < -0.39 is 24.3 Å². The summed E-state index contributed by atoms with van der Waals surface area (Å²) in [6.45, 7) is 3.73. The maximum Gasteiger partial charge on any atom is 0.490 e. The number of aromatic nitrogens is 2. The quantitative estimate of drug-likeness (QED) is 0.534. The number of hydrogen-bond acceptors (Lipinski definition) is 7. The maximum absolute atomic E-state index is 14.1. The molecule has 38 heavy (non-hydrogen) atoms. The number of pyridine rings is 2. The van der Waals surface area contributed by atoms with Gasteiger partial charge in [0.1, 0.15) is 11.4 Å². The molecule has 0 radical (unpaired) electrons. The van der Waals surface area contributed by atoms with Crippen LogP contribution in [0.2, 0.25) is 0 Å². The Balaban J connectivity index is 0.000000301. The lowest BCUT2D eigenvalue weighted by molar-refractivity contribution is -0.193. The molecule has 2 aliphatic rings. The van der Waals surface area contributed by atoms with Gasteiger partial charge in [-0.3, -0.25) is 0 Å². The number of carbonyl (C=O) groups is 2. The van der Waals surface area contributed by atoms with E-state index in [-0.39, 0.29) is 11.4 Å². The summed E-state index contributed by atoms with van der Waals surface area (Å²) in [6.07, 6.45) is -4.77. The van der Waals surface area contributed by atoms with E-state index in [1.165, 1.54) is 6.07 Å². The molecule has 0 saturated carbocycles. The highest BCUT2D eigenvalue weighted by atomic mass is 19.4. The third-order valence-electron chi connectivity index (χ3n) is 5.28. The van der Waals surface area contributed by atoms with Crippen molar-refractivity contribution in [3.8, 4) is 0 Å². The molecule has 2 saturated heterocycles.